The normalized spacial score (nSPS) is 30.2. The van der Waals surface area contributed by atoms with E-state index in [1.807, 2.05) is 0 Å². The van der Waals surface area contributed by atoms with Gasteiger partial charge >= 0.3 is 0 Å². The van der Waals surface area contributed by atoms with Gasteiger partial charge in [-0.3, -0.25) is 4.79 Å². The summed E-state index contributed by atoms with van der Waals surface area (Å²) in [6.07, 6.45) is 2.10. The number of methoxy groups -OCH3 is 2. The number of ketones is 1. The molecule has 3 rings (SSSR count). The molecule has 2 aliphatic carbocycles. The van der Waals surface area contributed by atoms with E-state index in [0.29, 0.717) is 17.7 Å². The Hall–Kier alpha value is -1.24. The molecular formula is C17H22O5S. The lowest BCUT2D eigenvalue weighted by Crippen LogP contribution is -2.45. The molecule has 5 nitrogen and oxygen atoms in total. The van der Waals surface area contributed by atoms with Crippen LogP contribution in [0.25, 0.3) is 0 Å². The lowest BCUT2D eigenvalue weighted by molar-refractivity contribution is -0.230. The fourth-order valence-electron chi connectivity index (χ4n) is 4.23. The van der Waals surface area contributed by atoms with E-state index in [2.05, 4.69) is 0 Å². The number of fused-ring (bicyclic) bond motifs is 1. The van der Waals surface area contributed by atoms with Crippen LogP contribution in [0.5, 0.6) is 0 Å². The van der Waals surface area contributed by atoms with Crippen molar-refractivity contribution in [2.45, 2.75) is 41.6 Å². The first-order valence-corrected chi connectivity index (χ1v) is 9.43. The summed E-state index contributed by atoms with van der Waals surface area (Å²) in [5.74, 6) is -1.83. The molecule has 0 unspecified atom stereocenters. The van der Waals surface area contributed by atoms with E-state index >= 15 is 0 Å². The summed E-state index contributed by atoms with van der Waals surface area (Å²) >= 11 is 0. The third-order valence-corrected chi connectivity index (χ3v) is 7.58. The Balaban J connectivity index is 2.05. The van der Waals surface area contributed by atoms with Crippen LogP contribution in [0.1, 0.15) is 25.7 Å². The molecule has 3 atom stereocenters. The Morgan fingerprint density at radius 3 is 2.39 bits per heavy atom. The van der Waals surface area contributed by atoms with Crippen LogP contribution in [-0.2, 0) is 24.1 Å². The van der Waals surface area contributed by atoms with Gasteiger partial charge < -0.3 is 9.47 Å². The number of carbonyl (C=O) groups is 1. The topological polar surface area (TPSA) is 69.7 Å². The second-order valence-corrected chi connectivity index (χ2v) is 8.49. The minimum absolute atomic E-state index is 0.0516. The molecule has 6 heteroatoms. The van der Waals surface area contributed by atoms with Crippen molar-refractivity contribution in [3.05, 3.63) is 30.3 Å². The van der Waals surface area contributed by atoms with E-state index in [1.165, 1.54) is 14.2 Å². The number of sulfone groups is 1. The molecule has 0 saturated heterocycles. The Morgan fingerprint density at radius 2 is 1.78 bits per heavy atom. The average Bonchev–Trinajstić information content (AvgIpc) is 2.93. The molecule has 2 aliphatic rings. The highest BCUT2D eigenvalue weighted by molar-refractivity contribution is 7.92. The summed E-state index contributed by atoms with van der Waals surface area (Å²) in [4.78, 5) is 12.8. The molecule has 0 amide bonds. The summed E-state index contributed by atoms with van der Waals surface area (Å²) in [6, 6.07) is 8.43. The standard InChI is InChI=1S/C17H22O5S/c1-21-17(22-2)11-15(13-9-6-10-14(18)16(13)17)23(19,20)12-7-4-3-5-8-12/h3-5,7-8,13,15-16H,6,9-11H2,1-2H3/t13-,15+,16+/m1/s1. The first-order chi connectivity index (χ1) is 11.0. The van der Waals surface area contributed by atoms with Gasteiger partial charge in [0, 0.05) is 27.1 Å². The van der Waals surface area contributed by atoms with Crippen LogP contribution in [0.3, 0.4) is 0 Å². The van der Waals surface area contributed by atoms with Gasteiger partial charge in [0.1, 0.15) is 5.78 Å². The minimum atomic E-state index is -3.54. The monoisotopic (exact) mass is 338 g/mol. The van der Waals surface area contributed by atoms with Crippen LogP contribution in [0.4, 0.5) is 0 Å². The molecular weight excluding hydrogens is 316 g/mol. The zero-order chi connectivity index (χ0) is 16.7. The highest BCUT2D eigenvalue weighted by Crippen LogP contribution is 2.52. The maximum Gasteiger partial charge on any atom is 0.181 e. The molecule has 2 fully saturated rings. The van der Waals surface area contributed by atoms with Gasteiger partial charge in [0.15, 0.2) is 15.6 Å². The predicted octanol–water partition coefficient (Wildman–Crippen LogP) is 2.21. The third-order valence-electron chi connectivity index (χ3n) is 5.33. The van der Waals surface area contributed by atoms with Gasteiger partial charge in [0.25, 0.3) is 0 Å². The zero-order valence-corrected chi connectivity index (χ0v) is 14.2. The highest BCUT2D eigenvalue weighted by Gasteiger charge is 2.61. The fraction of sp³-hybridized carbons (Fsp3) is 0.588. The predicted molar refractivity (Wildman–Crippen MR) is 84.6 cm³/mol. The number of carbonyl (C=O) groups excluding carboxylic acids is 1. The first-order valence-electron chi connectivity index (χ1n) is 7.88. The maximum atomic E-state index is 13.1. The van der Waals surface area contributed by atoms with E-state index < -0.39 is 26.8 Å². The second kappa shape index (κ2) is 6.00. The zero-order valence-electron chi connectivity index (χ0n) is 13.4. The number of hydrogen-bond donors (Lipinski definition) is 0. The third kappa shape index (κ3) is 2.53. The number of hydrogen-bond acceptors (Lipinski definition) is 5. The van der Waals surface area contributed by atoms with E-state index in [4.69, 9.17) is 9.47 Å². The van der Waals surface area contributed by atoms with E-state index in [0.717, 1.165) is 6.42 Å². The van der Waals surface area contributed by atoms with Crippen LogP contribution in [-0.4, -0.2) is 39.5 Å². The van der Waals surface area contributed by atoms with Crippen molar-refractivity contribution >= 4 is 15.6 Å². The lowest BCUT2D eigenvalue weighted by Gasteiger charge is -2.35. The fourth-order valence-corrected chi connectivity index (χ4v) is 6.32. The summed E-state index contributed by atoms with van der Waals surface area (Å²) < 4.78 is 37.3. The number of Topliss-reactive ketones (excluding diaryl/α,β-unsaturated/α-hetero) is 1. The van der Waals surface area contributed by atoms with Crippen molar-refractivity contribution in [1.82, 2.24) is 0 Å². The molecule has 0 N–H and O–H groups in total. The van der Waals surface area contributed by atoms with E-state index in [9.17, 15) is 13.2 Å². The molecule has 0 spiro atoms. The van der Waals surface area contributed by atoms with Gasteiger partial charge in [-0.15, -0.1) is 0 Å². The molecule has 0 bridgehead atoms. The average molecular weight is 338 g/mol. The minimum Gasteiger partial charge on any atom is -0.352 e. The Labute approximate surface area is 136 Å². The molecule has 23 heavy (non-hydrogen) atoms. The van der Waals surface area contributed by atoms with E-state index in [-0.39, 0.29) is 18.1 Å². The van der Waals surface area contributed by atoms with Gasteiger partial charge in [-0.25, -0.2) is 8.42 Å². The van der Waals surface area contributed by atoms with Crippen LogP contribution in [0.15, 0.2) is 35.2 Å². The van der Waals surface area contributed by atoms with Crippen LogP contribution in [0.2, 0.25) is 0 Å². The molecule has 0 heterocycles. The van der Waals surface area contributed by atoms with Crippen molar-refractivity contribution in [1.29, 1.82) is 0 Å². The van der Waals surface area contributed by atoms with Gasteiger partial charge in [-0.2, -0.15) is 0 Å². The molecule has 0 radical (unpaired) electrons. The van der Waals surface area contributed by atoms with E-state index in [1.54, 1.807) is 30.3 Å². The summed E-state index contributed by atoms with van der Waals surface area (Å²) in [7, 11) is -0.564. The molecule has 126 valence electrons. The Bertz CT molecular complexity index is 678. The van der Waals surface area contributed by atoms with Crippen LogP contribution in [0, 0.1) is 11.8 Å². The Morgan fingerprint density at radius 1 is 1.13 bits per heavy atom. The van der Waals surface area contributed by atoms with Crippen molar-refractivity contribution in [2.75, 3.05) is 14.2 Å². The summed E-state index contributed by atoms with van der Waals surface area (Å²) in [5.41, 5.74) is 0. The van der Waals surface area contributed by atoms with Gasteiger partial charge in [-0.1, -0.05) is 18.2 Å². The summed E-state index contributed by atoms with van der Waals surface area (Å²) in [5, 5.41) is -0.654. The van der Waals surface area contributed by atoms with Crippen molar-refractivity contribution in [3.63, 3.8) is 0 Å². The summed E-state index contributed by atoms with van der Waals surface area (Å²) in [6.45, 7) is 0. The Kier molecular flexibility index (Phi) is 4.33. The highest BCUT2D eigenvalue weighted by atomic mass is 32.2. The number of rotatable bonds is 4. The van der Waals surface area contributed by atoms with Gasteiger partial charge in [0.05, 0.1) is 16.1 Å². The van der Waals surface area contributed by atoms with Crippen molar-refractivity contribution in [2.24, 2.45) is 11.8 Å². The largest absolute Gasteiger partial charge is 0.352 e. The maximum absolute atomic E-state index is 13.1. The van der Waals surface area contributed by atoms with Crippen molar-refractivity contribution in [3.8, 4) is 0 Å². The van der Waals surface area contributed by atoms with Gasteiger partial charge in [-0.05, 0) is 30.9 Å². The number of benzene rings is 1. The van der Waals surface area contributed by atoms with Gasteiger partial charge in [0.2, 0.25) is 0 Å². The number of ether oxygens (including phenoxy) is 2. The molecule has 1 aromatic carbocycles. The second-order valence-electron chi connectivity index (χ2n) is 6.32. The van der Waals surface area contributed by atoms with Crippen molar-refractivity contribution < 1.29 is 22.7 Å². The molecule has 0 aromatic heterocycles. The van der Waals surface area contributed by atoms with Crippen LogP contribution >= 0.6 is 0 Å². The molecule has 0 aliphatic heterocycles. The quantitative estimate of drug-likeness (QED) is 0.787. The molecule has 2 saturated carbocycles. The smallest absolute Gasteiger partial charge is 0.181 e. The lowest BCUT2D eigenvalue weighted by atomic mass is 9.78. The molecule has 1 aromatic rings. The SMILES string of the molecule is COC1(OC)C[C@H](S(=O)(=O)c2ccccc2)[C@H]2CCCC(=O)[C@H]21. The first kappa shape index (κ1) is 16.6. The van der Waals surface area contributed by atoms with Crippen LogP contribution < -0.4 is 0 Å².